The van der Waals surface area contributed by atoms with Gasteiger partial charge in [-0.25, -0.2) is 0 Å². The summed E-state index contributed by atoms with van der Waals surface area (Å²) in [4.78, 5) is 2.79. The summed E-state index contributed by atoms with van der Waals surface area (Å²) < 4.78 is 0. The Labute approximate surface area is 132 Å². The third kappa shape index (κ3) is 3.64. The first kappa shape index (κ1) is 15.6. The van der Waals surface area contributed by atoms with E-state index < -0.39 is 0 Å². The molecule has 0 aromatic heterocycles. The van der Waals surface area contributed by atoms with Gasteiger partial charge in [0.2, 0.25) is 0 Å². The molecule has 0 radical (unpaired) electrons. The van der Waals surface area contributed by atoms with Gasteiger partial charge in [0, 0.05) is 18.7 Å². The van der Waals surface area contributed by atoms with Crippen LogP contribution in [0.15, 0.2) is 18.2 Å². The van der Waals surface area contributed by atoms with Crippen LogP contribution in [-0.4, -0.2) is 18.1 Å². The van der Waals surface area contributed by atoms with Gasteiger partial charge < -0.3 is 10.6 Å². The molecule has 1 aromatic carbocycles. The minimum absolute atomic E-state index is 0.397. The molecule has 1 aliphatic rings. The topological polar surface area (TPSA) is 29.3 Å². The minimum atomic E-state index is 0.397. The van der Waals surface area contributed by atoms with Crippen LogP contribution >= 0.6 is 23.8 Å². The second-order valence-corrected chi connectivity index (χ2v) is 6.80. The number of hydrogen-bond acceptors (Lipinski definition) is 2. The maximum absolute atomic E-state index is 6.40. The number of benzene rings is 1. The summed E-state index contributed by atoms with van der Waals surface area (Å²) in [6, 6.07) is 5.89. The van der Waals surface area contributed by atoms with E-state index in [1.165, 1.54) is 19.3 Å². The Morgan fingerprint density at radius 1 is 1.35 bits per heavy atom. The van der Waals surface area contributed by atoms with Crippen molar-refractivity contribution in [3.05, 3.63) is 28.8 Å². The lowest BCUT2D eigenvalue weighted by Gasteiger charge is -2.25. The highest BCUT2D eigenvalue weighted by Gasteiger charge is 2.20. The van der Waals surface area contributed by atoms with E-state index in [1.807, 2.05) is 18.2 Å². The van der Waals surface area contributed by atoms with Crippen molar-refractivity contribution in [1.29, 1.82) is 0 Å². The first-order valence-electron chi connectivity index (χ1n) is 7.33. The number of nitrogens with two attached hydrogens (primary N) is 1. The van der Waals surface area contributed by atoms with Crippen LogP contribution in [0.4, 0.5) is 5.69 Å². The summed E-state index contributed by atoms with van der Waals surface area (Å²) in [7, 11) is 0. The van der Waals surface area contributed by atoms with Crippen LogP contribution in [-0.2, 0) is 0 Å². The molecule has 1 aliphatic heterocycles. The molecule has 1 fully saturated rings. The van der Waals surface area contributed by atoms with Crippen molar-refractivity contribution in [3.8, 4) is 0 Å². The first-order chi connectivity index (χ1) is 9.49. The third-order valence-corrected chi connectivity index (χ3v) is 4.83. The van der Waals surface area contributed by atoms with E-state index >= 15 is 0 Å². The van der Waals surface area contributed by atoms with E-state index in [-0.39, 0.29) is 0 Å². The zero-order valence-corrected chi connectivity index (χ0v) is 13.8. The number of hydrogen-bond donors (Lipinski definition) is 1. The Kier molecular flexibility index (Phi) is 5.28. The summed E-state index contributed by atoms with van der Waals surface area (Å²) in [6.45, 7) is 6.80. The zero-order chi connectivity index (χ0) is 14.7. The number of nitrogens with zero attached hydrogens (tertiary/aromatic N) is 1. The van der Waals surface area contributed by atoms with Crippen LogP contribution in [0, 0.1) is 11.8 Å². The quantitative estimate of drug-likeness (QED) is 0.847. The SMILES string of the molecule is CC(C)C1CCCN(c2ccc(C(N)=S)cc2Cl)CC1. The second-order valence-electron chi connectivity index (χ2n) is 5.95. The normalized spacial score (nSPS) is 20.0. The smallest absolute Gasteiger partial charge is 0.104 e. The van der Waals surface area contributed by atoms with E-state index in [0.29, 0.717) is 4.99 Å². The van der Waals surface area contributed by atoms with Crippen molar-refractivity contribution >= 4 is 34.5 Å². The van der Waals surface area contributed by atoms with Gasteiger partial charge in [-0.2, -0.15) is 0 Å². The zero-order valence-electron chi connectivity index (χ0n) is 12.2. The Morgan fingerprint density at radius 3 is 2.70 bits per heavy atom. The Balaban J connectivity index is 2.13. The molecule has 2 rings (SSSR count). The van der Waals surface area contributed by atoms with Crippen molar-refractivity contribution in [2.75, 3.05) is 18.0 Å². The summed E-state index contributed by atoms with van der Waals surface area (Å²) in [5.74, 6) is 1.59. The fraction of sp³-hybridized carbons (Fsp3) is 0.562. The van der Waals surface area contributed by atoms with Gasteiger partial charge in [0.25, 0.3) is 0 Å². The summed E-state index contributed by atoms with van der Waals surface area (Å²) >= 11 is 11.4. The molecular formula is C16H23ClN2S. The van der Waals surface area contributed by atoms with Crippen molar-refractivity contribution in [1.82, 2.24) is 0 Å². The molecule has 1 heterocycles. The molecule has 1 unspecified atom stereocenters. The molecular weight excluding hydrogens is 288 g/mol. The molecule has 4 heteroatoms. The lowest BCUT2D eigenvalue weighted by molar-refractivity contribution is 0.351. The molecule has 110 valence electrons. The van der Waals surface area contributed by atoms with Crippen LogP contribution < -0.4 is 10.6 Å². The van der Waals surface area contributed by atoms with Crippen molar-refractivity contribution in [2.24, 2.45) is 17.6 Å². The van der Waals surface area contributed by atoms with Gasteiger partial charge in [-0.1, -0.05) is 37.7 Å². The number of thiocarbonyl (C=S) groups is 1. The molecule has 0 amide bonds. The maximum Gasteiger partial charge on any atom is 0.104 e. The van der Waals surface area contributed by atoms with Crippen LogP contribution in [0.25, 0.3) is 0 Å². The second kappa shape index (κ2) is 6.77. The molecule has 0 saturated carbocycles. The van der Waals surface area contributed by atoms with E-state index in [0.717, 1.165) is 41.2 Å². The maximum atomic E-state index is 6.40. The Morgan fingerprint density at radius 2 is 2.10 bits per heavy atom. The highest BCUT2D eigenvalue weighted by atomic mass is 35.5. The van der Waals surface area contributed by atoms with Crippen molar-refractivity contribution in [3.63, 3.8) is 0 Å². The fourth-order valence-electron chi connectivity index (χ4n) is 2.95. The largest absolute Gasteiger partial charge is 0.389 e. The highest BCUT2D eigenvalue weighted by Crippen LogP contribution is 2.31. The molecule has 0 bridgehead atoms. The van der Waals surface area contributed by atoms with E-state index in [4.69, 9.17) is 29.6 Å². The van der Waals surface area contributed by atoms with Gasteiger partial charge in [0.15, 0.2) is 0 Å². The molecule has 1 atom stereocenters. The van der Waals surface area contributed by atoms with Gasteiger partial charge >= 0.3 is 0 Å². The van der Waals surface area contributed by atoms with E-state index in [9.17, 15) is 0 Å². The number of halogens is 1. The lowest BCUT2D eigenvalue weighted by atomic mass is 9.89. The number of rotatable bonds is 3. The first-order valence-corrected chi connectivity index (χ1v) is 8.12. The molecule has 0 spiro atoms. The standard InChI is InChI=1S/C16H23ClN2S/c1-11(2)12-4-3-8-19(9-7-12)15-6-5-13(16(18)20)10-14(15)17/h5-6,10-12H,3-4,7-9H2,1-2H3,(H2,18,20). The van der Waals surface area contributed by atoms with Crippen LogP contribution in [0.5, 0.6) is 0 Å². The summed E-state index contributed by atoms with van der Waals surface area (Å²) in [6.07, 6.45) is 3.79. The van der Waals surface area contributed by atoms with Crippen LogP contribution in [0.2, 0.25) is 5.02 Å². The molecule has 20 heavy (non-hydrogen) atoms. The Bertz CT molecular complexity index is 487. The summed E-state index contributed by atoms with van der Waals surface area (Å²) in [5, 5.41) is 0.748. The average molecular weight is 311 g/mol. The van der Waals surface area contributed by atoms with Crippen LogP contribution in [0.1, 0.15) is 38.7 Å². The third-order valence-electron chi connectivity index (χ3n) is 4.29. The fourth-order valence-corrected chi connectivity index (χ4v) is 3.37. The van der Waals surface area contributed by atoms with Crippen molar-refractivity contribution < 1.29 is 0 Å². The summed E-state index contributed by atoms with van der Waals surface area (Å²) in [5.41, 5.74) is 7.59. The van der Waals surface area contributed by atoms with E-state index in [2.05, 4.69) is 18.7 Å². The van der Waals surface area contributed by atoms with Gasteiger partial charge in [-0.05, 0) is 49.3 Å². The van der Waals surface area contributed by atoms with Gasteiger partial charge in [0.05, 0.1) is 10.7 Å². The monoisotopic (exact) mass is 310 g/mol. The van der Waals surface area contributed by atoms with Crippen LogP contribution in [0.3, 0.4) is 0 Å². The molecule has 2 nitrogen and oxygen atoms in total. The highest BCUT2D eigenvalue weighted by molar-refractivity contribution is 7.80. The molecule has 1 aromatic rings. The van der Waals surface area contributed by atoms with Gasteiger partial charge in [-0.3, -0.25) is 0 Å². The molecule has 2 N–H and O–H groups in total. The Hall–Kier alpha value is -0.800. The number of anilines is 1. The predicted molar refractivity (Wildman–Crippen MR) is 91.7 cm³/mol. The van der Waals surface area contributed by atoms with Gasteiger partial charge in [-0.15, -0.1) is 0 Å². The van der Waals surface area contributed by atoms with Crippen molar-refractivity contribution in [2.45, 2.75) is 33.1 Å². The van der Waals surface area contributed by atoms with Gasteiger partial charge in [0.1, 0.15) is 4.99 Å². The molecule has 1 saturated heterocycles. The lowest BCUT2D eigenvalue weighted by Crippen LogP contribution is -2.25. The molecule has 0 aliphatic carbocycles. The average Bonchev–Trinajstić information content (AvgIpc) is 2.64. The minimum Gasteiger partial charge on any atom is -0.389 e. The predicted octanol–water partition coefficient (Wildman–Crippen LogP) is 4.24. The van der Waals surface area contributed by atoms with E-state index in [1.54, 1.807) is 0 Å².